The SMILES string of the molecule is O=C(O)CCCCCCNS(=O)(=O)CCc1ccc(-c2sccc2CO)cc1. The minimum Gasteiger partial charge on any atom is -0.481 e. The number of carbonyl (C=O) groups is 1. The Balaban J connectivity index is 1.72. The third kappa shape index (κ3) is 7.71. The van der Waals surface area contributed by atoms with Crippen molar-refractivity contribution in [3.63, 3.8) is 0 Å². The molecule has 3 N–H and O–H groups in total. The van der Waals surface area contributed by atoms with Gasteiger partial charge in [-0.1, -0.05) is 37.1 Å². The van der Waals surface area contributed by atoms with Gasteiger partial charge in [0, 0.05) is 17.8 Å². The fourth-order valence-corrected chi connectivity index (χ4v) is 4.87. The summed E-state index contributed by atoms with van der Waals surface area (Å²) in [7, 11) is -3.33. The van der Waals surface area contributed by atoms with Gasteiger partial charge in [-0.2, -0.15) is 0 Å². The Bertz CT molecular complexity index is 844. The molecular weight excluding hydrogens is 398 g/mol. The van der Waals surface area contributed by atoms with Crippen molar-refractivity contribution in [2.75, 3.05) is 12.3 Å². The van der Waals surface area contributed by atoms with Gasteiger partial charge in [0.15, 0.2) is 0 Å². The normalized spacial score (nSPS) is 11.6. The Morgan fingerprint density at radius 2 is 1.75 bits per heavy atom. The highest BCUT2D eigenvalue weighted by atomic mass is 32.2. The Hall–Kier alpha value is -1.74. The molecule has 0 aliphatic carbocycles. The summed E-state index contributed by atoms with van der Waals surface area (Å²) in [5, 5.41) is 19.9. The number of carboxylic acids is 1. The number of carboxylic acid groups (broad SMARTS) is 1. The molecule has 0 aliphatic rings. The largest absolute Gasteiger partial charge is 0.481 e. The molecule has 0 saturated heterocycles. The van der Waals surface area contributed by atoms with Gasteiger partial charge >= 0.3 is 5.97 Å². The van der Waals surface area contributed by atoms with Crippen LogP contribution in [0.25, 0.3) is 10.4 Å². The molecular formula is C20H27NO5S2. The zero-order chi connectivity index (χ0) is 20.4. The molecule has 2 aromatic rings. The van der Waals surface area contributed by atoms with Crippen LogP contribution < -0.4 is 4.72 Å². The van der Waals surface area contributed by atoms with Crippen molar-refractivity contribution in [2.24, 2.45) is 0 Å². The van der Waals surface area contributed by atoms with E-state index in [4.69, 9.17) is 5.11 Å². The van der Waals surface area contributed by atoms with Gasteiger partial charge in [0.25, 0.3) is 0 Å². The van der Waals surface area contributed by atoms with Crippen LogP contribution in [0.5, 0.6) is 0 Å². The van der Waals surface area contributed by atoms with Crippen LogP contribution in [0.1, 0.15) is 43.2 Å². The third-order valence-corrected chi connectivity index (χ3v) is 6.82. The van der Waals surface area contributed by atoms with Gasteiger partial charge < -0.3 is 10.2 Å². The molecule has 2 rings (SSSR count). The van der Waals surface area contributed by atoms with E-state index in [2.05, 4.69) is 4.72 Å². The smallest absolute Gasteiger partial charge is 0.303 e. The second-order valence-electron chi connectivity index (χ2n) is 6.65. The number of hydrogen-bond acceptors (Lipinski definition) is 5. The molecule has 28 heavy (non-hydrogen) atoms. The summed E-state index contributed by atoms with van der Waals surface area (Å²) in [5.74, 6) is -0.760. The average Bonchev–Trinajstić information content (AvgIpc) is 3.14. The van der Waals surface area contributed by atoms with Crippen molar-refractivity contribution in [2.45, 2.75) is 45.1 Å². The Morgan fingerprint density at radius 3 is 2.43 bits per heavy atom. The van der Waals surface area contributed by atoms with Crippen LogP contribution in [0.3, 0.4) is 0 Å². The average molecular weight is 426 g/mol. The number of rotatable bonds is 13. The molecule has 0 radical (unpaired) electrons. The first-order chi connectivity index (χ1) is 13.4. The topological polar surface area (TPSA) is 104 Å². The molecule has 1 aromatic carbocycles. The Labute approximate surface area is 170 Å². The number of benzene rings is 1. The number of sulfonamides is 1. The van der Waals surface area contributed by atoms with E-state index in [-0.39, 0.29) is 18.8 Å². The van der Waals surface area contributed by atoms with Crippen LogP contribution >= 0.6 is 11.3 Å². The summed E-state index contributed by atoms with van der Waals surface area (Å²) in [6.45, 7) is 0.390. The van der Waals surface area contributed by atoms with Crippen molar-refractivity contribution in [1.29, 1.82) is 0 Å². The quantitative estimate of drug-likeness (QED) is 0.427. The van der Waals surface area contributed by atoms with Crippen LogP contribution in [0.4, 0.5) is 0 Å². The number of thiophene rings is 1. The van der Waals surface area contributed by atoms with Gasteiger partial charge in [-0.3, -0.25) is 4.79 Å². The second-order valence-corrected chi connectivity index (χ2v) is 9.49. The molecule has 6 nitrogen and oxygen atoms in total. The predicted octanol–water partition coefficient (Wildman–Crippen LogP) is 3.40. The van der Waals surface area contributed by atoms with Gasteiger partial charge in [-0.25, -0.2) is 13.1 Å². The summed E-state index contributed by atoms with van der Waals surface area (Å²) in [4.78, 5) is 11.4. The molecule has 0 amide bonds. The minimum atomic E-state index is -3.33. The van der Waals surface area contributed by atoms with Gasteiger partial charge in [0.05, 0.1) is 12.4 Å². The first kappa shape index (κ1) is 22.5. The molecule has 1 heterocycles. The fraction of sp³-hybridized carbons (Fsp3) is 0.450. The Kier molecular flexibility index (Phi) is 9.11. The van der Waals surface area contributed by atoms with Gasteiger partial charge in [0.1, 0.15) is 0 Å². The molecule has 0 aliphatic heterocycles. The second kappa shape index (κ2) is 11.3. The molecule has 8 heteroatoms. The molecule has 0 spiro atoms. The molecule has 154 valence electrons. The van der Waals surface area contributed by atoms with E-state index in [0.717, 1.165) is 34.4 Å². The van der Waals surface area contributed by atoms with E-state index in [1.54, 1.807) is 11.3 Å². The highest BCUT2D eigenvalue weighted by molar-refractivity contribution is 7.89. The zero-order valence-electron chi connectivity index (χ0n) is 15.8. The molecule has 0 bridgehead atoms. The zero-order valence-corrected chi connectivity index (χ0v) is 17.4. The number of unbranched alkanes of at least 4 members (excludes halogenated alkanes) is 3. The lowest BCUT2D eigenvalue weighted by atomic mass is 10.1. The van der Waals surface area contributed by atoms with E-state index in [1.807, 2.05) is 35.7 Å². The summed E-state index contributed by atoms with van der Waals surface area (Å²) in [5.41, 5.74) is 2.86. The van der Waals surface area contributed by atoms with Crippen molar-refractivity contribution >= 4 is 27.3 Å². The summed E-state index contributed by atoms with van der Waals surface area (Å²) in [6, 6.07) is 9.66. The van der Waals surface area contributed by atoms with Crippen molar-refractivity contribution in [1.82, 2.24) is 4.72 Å². The van der Waals surface area contributed by atoms with Crippen LogP contribution in [0.15, 0.2) is 35.7 Å². The van der Waals surface area contributed by atoms with E-state index in [1.165, 1.54) is 0 Å². The minimum absolute atomic E-state index is 0.00402. The number of hydrogen-bond donors (Lipinski definition) is 3. The molecule has 0 unspecified atom stereocenters. The van der Waals surface area contributed by atoms with Crippen LogP contribution in [-0.2, 0) is 27.8 Å². The number of aliphatic hydroxyl groups is 1. The van der Waals surface area contributed by atoms with E-state index in [9.17, 15) is 18.3 Å². The molecule has 0 atom stereocenters. The first-order valence-corrected chi connectivity index (χ1v) is 11.9. The standard InChI is InChI=1S/C20H27NO5S2/c22-15-18-10-13-27-20(18)17-8-6-16(7-9-17)11-14-28(25,26)21-12-4-2-1-3-5-19(23)24/h6-10,13,21-22H,1-5,11-12,14-15H2,(H,23,24). The highest BCUT2D eigenvalue weighted by Crippen LogP contribution is 2.29. The molecule has 0 fully saturated rings. The van der Waals surface area contributed by atoms with Gasteiger partial charge in [-0.05, 0) is 47.4 Å². The number of aliphatic carboxylic acids is 1. The Morgan fingerprint density at radius 1 is 1.04 bits per heavy atom. The summed E-state index contributed by atoms with van der Waals surface area (Å²) in [6.07, 6.45) is 3.55. The highest BCUT2D eigenvalue weighted by Gasteiger charge is 2.11. The summed E-state index contributed by atoms with van der Waals surface area (Å²) < 4.78 is 26.8. The van der Waals surface area contributed by atoms with E-state index in [0.29, 0.717) is 25.8 Å². The maximum atomic E-state index is 12.1. The fourth-order valence-electron chi connectivity index (χ4n) is 2.84. The molecule has 1 aromatic heterocycles. The van der Waals surface area contributed by atoms with Crippen LogP contribution in [0.2, 0.25) is 0 Å². The van der Waals surface area contributed by atoms with Crippen molar-refractivity contribution in [3.8, 4) is 10.4 Å². The first-order valence-electron chi connectivity index (χ1n) is 9.37. The predicted molar refractivity (Wildman–Crippen MR) is 112 cm³/mol. The number of aliphatic hydroxyl groups excluding tert-OH is 1. The van der Waals surface area contributed by atoms with Gasteiger partial charge in [-0.15, -0.1) is 11.3 Å². The lowest BCUT2D eigenvalue weighted by Crippen LogP contribution is -2.28. The summed E-state index contributed by atoms with van der Waals surface area (Å²) >= 11 is 1.57. The van der Waals surface area contributed by atoms with Crippen molar-refractivity contribution < 1.29 is 23.4 Å². The maximum absolute atomic E-state index is 12.1. The maximum Gasteiger partial charge on any atom is 0.303 e. The lowest BCUT2D eigenvalue weighted by Gasteiger charge is -2.08. The van der Waals surface area contributed by atoms with E-state index < -0.39 is 16.0 Å². The van der Waals surface area contributed by atoms with Crippen molar-refractivity contribution in [3.05, 3.63) is 46.8 Å². The van der Waals surface area contributed by atoms with Crippen LogP contribution in [0, 0.1) is 0 Å². The number of nitrogens with one attached hydrogen (secondary N) is 1. The van der Waals surface area contributed by atoms with Crippen LogP contribution in [-0.4, -0.2) is 36.9 Å². The number of aryl methyl sites for hydroxylation is 1. The monoisotopic (exact) mass is 425 g/mol. The lowest BCUT2D eigenvalue weighted by molar-refractivity contribution is -0.137. The third-order valence-electron chi connectivity index (χ3n) is 4.43. The molecule has 0 saturated carbocycles. The van der Waals surface area contributed by atoms with Gasteiger partial charge in [0.2, 0.25) is 10.0 Å². The van der Waals surface area contributed by atoms with E-state index >= 15 is 0 Å².